The highest BCUT2D eigenvalue weighted by Crippen LogP contribution is 2.15. The lowest BCUT2D eigenvalue weighted by atomic mass is 10.0. The van der Waals surface area contributed by atoms with Crippen LogP contribution in [0.3, 0.4) is 0 Å². The predicted octanol–water partition coefficient (Wildman–Crippen LogP) is 14.8. The highest BCUT2D eigenvalue weighted by Gasteiger charge is 2.23. The van der Waals surface area contributed by atoms with Gasteiger partial charge in [-0.05, 0) is 76.7 Å². The van der Waals surface area contributed by atoms with E-state index in [0.717, 1.165) is 70.6 Å². The van der Waals surface area contributed by atoms with E-state index < -0.39 is 18.2 Å². The van der Waals surface area contributed by atoms with Crippen molar-refractivity contribution in [2.45, 2.75) is 257 Å². The molecule has 0 saturated carbocycles. The number of aliphatic hydroxyl groups is 2. The molecule has 0 saturated heterocycles. The average molecular weight is 826 g/mol. The molecule has 0 heterocycles. The molecule has 342 valence electrons. The Morgan fingerprint density at radius 3 is 1.39 bits per heavy atom. The van der Waals surface area contributed by atoms with E-state index in [2.05, 4.69) is 74.7 Å². The highest BCUT2D eigenvalue weighted by molar-refractivity contribution is 5.78. The molecule has 3 N–H and O–H groups in total. The fourth-order valence-corrected chi connectivity index (χ4v) is 7.22. The van der Waals surface area contributed by atoms with Crippen LogP contribution in [0.25, 0.3) is 0 Å². The molecule has 0 aromatic heterocycles. The first-order chi connectivity index (χ1) is 29.0. The third-order valence-corrected chi connectivity index (χ3v) is 11.1. The van der Waals surface area contributed by atoms with Gasteiger partial charge in [0.2, 0.25) is 5.91 Å². The molecule has 3 unspecified atom stereocenters. The van der Waals surface area contributed by atoms with Crippen molar-refractivity contribution < 1.29 is 24.5 Å². The Morgan fingerprint density at radius 2 is 0.898 bits per heavy atom. The number of unbranched alkanes of at least 4 members (excludes halogenated alkanes) is 24. The van der Waals surface area contributed by atoms with E-state index in [4.69, 9.17) is 4.74 Å². The zero-order chi connectivity index (χ0) is 43.1. The lowest BCUT2D eigenvalue weighted by molar-refractivity contribution is -0.148. The van der Waals surface area contributed by atoms with Crippen molar-refractivity contribution in [1.82, 2.24) is 5.32 Å². The lowest BCUT2D eigenvalue weighted by Crippen LogP contribution is -2.46. The summed E-state index contributed by atoms with van der Waals surface area (Å²) in [5.74, 6) is -0.628. The number of hydrogen-bond donors (Lipinski definition) is 3. The monoisotopic (exact) mass is 826 g/mol. The van der Waals surface area contributed by atoms with Crippen molar-refractivity contribution in [2.24, 2.45) is 0 Å². The van der Waals surface area contributed by atoms with Crippen LogP contribution < -0.4 is 5.32 Å². The van der Waals surface area contributed by atoms with E-state index in [1.165, 1.54) is 122 Å². The topological polar surface area (TPSA) is 95.9 Å². The molecule has 3 atom stereocenters. The second kappa shape index (κ2) is 46.6. The van der Waals surface area contributed by atoms with E-state index in [1.54, 1.807) is 0 Å². The van der Waals surface area contributed by atoms with Crippen LogP contribution in [0.1, 0.15) is 239 Å². The van der Waals surface area contributed by atoms with Gasteiger partial charge in [-0.25, -0.2) is 0 Å². The molecule has 0 rings (SSSR count). The third-order valence-electron chi connectivity index (χ3n) is 11.1. The summed E-state index contributed by atoms with van der Waals surface area (Å²) in [7, 11) is 0. The Labute approximate surface area is 365 Å². The van der Waals surface area contributed by atoms with Crippen LogP contribution in [-0.2, 0) is 14.3 Å². The number of ether oxygens (including phenoxy) is 1. The number of carbonyl (C=O) groups excluding carboxylic acids is 2. The van der Waals surface area contributed by atoms with Gasteiger partial charge in [0, 0.05) is 6.42 Å². The van der Waals surface area contributed by atoms with Crippen molar-refractivity contribution in [2.75, 3.05) is 6.61 Å². The van der Waals surface area contributed by atoms with E-state index in [-0.39, 0.29) is 24.9 Å². The van der Waals surface area contributed by atoms with Gasteiger partial charge in [0.25, 0.3) is 0 Å². The highest BCUT2D eigenvalue weighted by atomic mass is 16.5. The Balaban J connectivity index is 4.66. The molecule has 6 nitrogen and oxygen atoms in total. The zero-order valence-electron chi connectivity index (χ0n) is 38.9. The summed E-state index contributed by atoms with van der Waals surface area (Å²) in [5, 5.41) is 23.6. The number of allylic oxidation sites excluding steroid dienone is 9. The van der Waals surface area contributed by atoms with Gasteiger partial charge in [0.05, 0.1) is 25.2 Å². The lowest BCUT2D eigenvalue weighted by Gasteiger charge is -2.23. The van der Waals surface area contributed by atoms with E-state index >= 15 is 0 Å². The quantitative estimate of drug-likeness (QED) is 0.0323. The Hall–Kier alpha value is -2.44. The van der Waals surface area contributed by atoms with Gasteiger partial charge in [-0.1, -0.05) is 210 Å². The smallest absolute Gasteiger partial charge is 0.306 e. The van der Waals surface area contributed by atoms with Crippen molar-refractivity contribution >= 4 is 11.9 Å². The molecule has 0 fully saturated rings. The minimum Gasteiger partial charge on any atom is -0.458 e. The van der Waals surface area contributed by atoms with Crippen LogP contribution >= 0.6 is 0 Å². The fraction of sp³-hybridized carbons (Fsp3) is 0.774. The maximum absolute atomic E-state index is 13.1. The molecule has 6 heteroatoms. The molecule has 0 bridgehead atoms. The molecule has 0 aliphatic rings. The van der Waals surface area contributed by atoms with Crippen LogP contribution in [0.15, 0.2) is 60.8 Å². The molecule has 59 heavy (non-hydrogen) atoms. The number of nitrogens with one attached hydrogen (secondary N) is 1. The summed E-state index contributed by atoms with van der Waals surface area (Å²) in [4.78, 5) is 26.0. The van der Waals surface area contributed by atoms with Gasteiger partial charge in [-0.15, -0.1) is 0 Å². The number of amides is 1. The summed E-state index contributed by atoms with van der Waals surface area (Å²) in [6.45, 7) is 6.40. The van der Waals surface area contributed by atoms with Crippen LogP contribution in [0.4, 0.5) is 0 Å². The van der Waals surface area contributed by atoms with Crippen LogP contribution in [0.2, 0.25) is 0 Å². The first-order valence-electron chi connectivity index (χ1n) is 25.0. The molecular weight excluding hydrogens is 731 g/mol. The maximum atomic E-state index is 13.1. The second-order valence-electron chi connectivity index (χ2n) is 16.9. The summed E-state index contributed by atoms with van der Waals surface area (Å²) < 4.78 is 5.81. The van der Waals surface area contributed by atoms with Crippen molar-refractivity contribution in [1.29, 1.82) is 0 Å². The minimum absolute atomic E-state index is 0.0389. The SMILES string of the molecule is CCCCC/C=C\C/C=C\C/C=C\CCCCCCC(=O)OC(/C=C/C/C=C\CCCCCCCC)CC(=O)NC(CO)C(O)CCCCCCCCCCCCCC. The number of esters is 1. The Bertz CT molecular complexity index is 1060. The molecule has 0 aromatic carbocycles. The van der Waals surface area contributed by atoms with Gasteiger partial charge >= 0.3 is 5.97 Å². The summed E-state index contributed by atoms with van der Waals surface area (Å²) in [5.41, 5.74) is 0. The van der Waals surface area contributed by atoms with E-state index in [9.17, 15) is 19.8 Å². The summed E-state index contributed by atoms with van der Waals surface area (Å²) in [6, 6.07) is -0.737. The van der Waals surface area contributed by atoms with Crippen LogP contribution in [-0.4, -0.2) is 46.9 Å². The molecule has 0 aliphatic heterocycles. The predicted molar refractivity (Wildman–Crippen MR) is 255 cm³/mol. The zero-order valence-corrected chi connectivity index (χ0v) is 38.9. The number of aliphatic hydroxyl groups excluding tert-OH is 2. The fourth-order valence-electron chi connectivity index (χ4n) is 7.22. The maximum Gasteiger partial charge on any atom is 0.306 e. The number of rotatable bonds is 44. The molecular formula is C53H95NO5. The third kappa shape index (κ3) is 42.1. The summed E-state index contributed by atoms with van der Waals surface area (Å²) >= 11 is 0. The minimum atomic E-state index is -0.815. The normalized spacial score (nSPS) is 13.8. The van der Waals surface area contributed by atoms with Crippen LogP contribution in [0.5, 0.6) is 0 Å². The molecule has 0 radical (unpaired) electrons. The number of carbonyl (C=O) groups is 2. The average Bonchev–Trinajstić information content (AvgIpc) is 3.23. The molecule has 0 aliphatic carbocycles. The molecule has 0 spiro atoms. The van der Waals surface area contributed by atoms with Crippen molar-refractivity contribution in [3.63, 3.8) is 0 Å². The molecule has 1 amide bonds. The Morgan fingerprint density at radius 1 is 0.508 bits per heavy atom. The largest absolute Gasteiger partial charge is 0.458 e. The van der Waals surface area contributed by atoms with Gasteiger partial charge in [-0.2, -0.15) is 0 Å². The van der Waals surface area contributed by atoms with Gasteiger partial charge in [-0.3, -0.25) is 9.59 Å². The van der Waals surface area contributed by atoms with Crippen molar-refractivity contribution in [3.05, 3.63) is 60.8 Å². The number of hydrogen-bond acceptors (Lipinski definition) is 5. The van der Waals surface area contributed by atoms with E-state index in [0.29, 0.717) is 19.3 Å². The summed E-state index contributed by atoms with van der Waals surface area (Å²) in [6.07, 6.45) is 57.4. The second-order valence-corrected chi connectivity index (χ2v) is 16.9. The first-order valence-corrected chi connectivity index (χ1v) is 25.0. The van der Waals surface area contributed by atoms with Gasteiger partial charge < -0.3 is 20.3 Å². The van der Waals surface area contributed by atoms with Crippen molar-refractivity contribution in [3.8, 4) is 0 Å². The van der Waals surface area contributed by atoms with E-state index in [1.807, 2.05) is 12.2 Å². The standard InChI is InChI=1S/C53H95NO5/c1-4-7-10-13-16-19-22-24-25-26-27-28-31-34-37-40-43-46-53(58)59-49(44-41-38-35-32-29-21-18-15-12-9-6-3)47-52(57)54-50(48-55)51(56)45-42-39-36-33-30-23-20-17-14-11-8-5-2/h16,19,24-25,27-28,32,35,41,44,49-51,55-56H,4-15,17-18,20-23,26,29-31,33-34,36-40,42-43,45-48H2,1-3H3,(H,54,57)/b19-16-,25-24-,28-27-,35-32-,44-41+. The Kier molecular flexibility index (Phi) is 44.7. The van der Waals surface area contributed by atoms with Gasteiger partial charge in [0.15, 0.2) is 0 Å². The molecule has 0 aromatic rings. The van der Waals surface area contributed by atoms with Gasteiger partial charge in [0.1, 0.15) is 6.10 Å². The first kappa shape index (κ1) is 56.6. The van der Waals surface area contributed by atoms with Crippen LogP contribution in [0, 0.1) is 0 Å².